The minimum absolute atomic E-state index is 0.273. The lowest BCUT2D eigenvalue weighted by Crippen LogP contribution is -2.37. The maximum atomic E-state index is 11.4. The van der Waals surface area contributed by atoms with Crippen LogP contribution in [0.4, 0.5) is 0 Å². The van der Waals surface area contributed by atoms with E-state index in [0.717, 1.165) is 0 Å². The fourth-order valence-corrected chi connectivity index (χ4v) is 2.96. The van der Waals surface area contributed by atoms with Crippen LogP contribution in [0.5, 0.6) is 0 Å². The molecule has 140 valence electrons. The zero-order valence-corrected chi connectivity index (χ0v) is 16.1. The molecule has 0 heterocycles. The van der Waals surface area contributed by atoms with E-state index in [1.807, 2.05) is 0 Å². The highest BCUT2D eigenvalue weighted by molar-refractivity contribution is 7.87. The second-order valence-corrected chi connectivity index (χ2v) is 10.9. The zero-order valence-electron chi connectivity index (χ0n) is 13.6. The molecule has 0 atom stereocenters. The van der Waals surface area contributed by atoms with Crippen LogP contribution < -0.4 is 0 Å². The highest BCUT2D eigenvalue weighted by atomic mass is 32.2. The number of hydrogen-bond acceptors (Lipinski definition) is 9. The summed E-state index contributed by atoms with van der Waals surface area (Å²) in [4.78, 5) is 0. The molecule has 0 saturated heterocycles. The van der Waals surface area contributed by atoms with Crippen molar-refractivity contribution in [2.75, 3.05) is 37.1 Å². The molecule has 0 unspecified atom stereocenters. The van der Waals surface area contributed by atoms with Gasteiger partial charge in [-0.3, -0.25) is 12.5 Å². The fourth-order valence-electron chi connectivity index (χ4n) is 1.07. The predicted molar refractivity (Wildman–Crippen MR) is 84.3 cm³/mol. The second-order valence-electron chi connectivity index (χ2n) is 5.14. The Bertz CT molecular complexity index is 568. The molecule has 0 aliphatic rings. The molecule has 0 fully saturated rings. The monoisotopic (exact) mass is 396 g/mol. The van der Waals surface area contributed by atoms with E-state index in [1.54, 1.807) is 0 Å². The van der Waals surface area contributed by atoms with Gasteiger partial charge in [-0.25, -0.2) is 0 Å². The summed E-state index contributed by atoms with van der Waals surface area (Å²) in [6.07, 6.45) is 0. The molecule has 0 N–H and O–H groups in total. The van der Waals surface area contributed by atoms with Crippen LogP contribution in [0.3, 0.4) is 0 Å². The molecule has 0 amide bonds. The van der Waals surface area contributed by atoms with Crippen LogP contribution in [-0.2, 0) is 42.9 Å². The van der Waals surface area contributed by atoms with Crippen molar-refractivity contribution in [1.82, 2.24) is 0 Å². The van der Waals surface area contributed by atoms with Gasteiger partial charge in [0.1, 0.15) is 0 Å². The summed E-state index contributed by atoms with van der Waals surface area (Å²) in [5.74, 6) is -0.818. The summed E-state index contributed by atoms with van der Waals surface area (Å²) in [6, 6.07) is 0. The Morgan fingerprint density at radius 2 is 0.826 bits per heavy atom. The van der Waals surface area contributed by atoms with Gasteiger partial charge in [0, 0.05) is 5.41 Å². The molecule has 0 aliphatic carbocycles. The van der Waals surface area contributed by atoms with E-state index in [1.165, 1.54) is 27.7 Å². The lowest BCUT2D eigenvalue weighted by Gasteiger charge is -2.27. The Balaban J connectivity index is 5.10. The van der Waals surface area contributed by atoms with Gasteiger partial charge in [-0.1, -0.05) is 6.92 Å². The van der Waals surface area contributed by atoms with Crippen LogP contribution >= 0.6 is 0 Å². The molecular weight excluding hydrogens is 372 g/mol. The van der Waals surface area contributed by atoms with Gasteiger partial charge in [0.2, 0.25) is 0 Å². The summed E-state index contributed by atoms with van der Waals surface area (Å²) >= 11 is 0. The lowest BCUT2D eigenvalue weighted by atomic mass is 9.95. The van der Waals surface area contributed by atoms with Crippen LogP contribution in [0.25, 0.3) is 0 Å². The van der Waals surface area contributed by atoms with E-state index in [0.29, 0.717) is 0 Å². The quantitative estimate of drug-likeness (QED) is 0.421. The Labute approximate surface area is 138 Å². The van der Waals surface area contributed by atoms with Gasteiger partial charge in [0.15, 0.2) is 0 Å². The molecule has 0 radical (unpaired) electrons. The van der Waals surface area contributed by atoms with Crippen molar-refractivity contribution in [2.24, 2.45) is 5.41 Å². The molecule has 0 aromatic carbocycles. The predicted octanol–water partition coefficient (Wildman–Crippen LogP) is 0.0916. The first-order valence-corrected chi connectivity index (χ1v) is 11.6. The van der Waals surface area contributed by atoms with E-state index in [9.17, 15) is 25.3 Å². The van der Waals surface area contributed by atoms with Crippen LogP contribution in [0, 0.1) is 5.41 Å². The largest absolute Gasteiger partial charge is 0.269 e. The Morgan fingerprint density at radius 1 is 0.609 bits per heavy atom. The normalized spacial score (nSPS) is 14.1. The first kappa shape index (κ1) is 22.7. The fraction of sp³-hybridized carbons (Fsp3) is 1.00. The summed E-state index contributed by atoms with van der Waals surface area (Å²) in [5, 5.41) is 0. The average molecular weight is 397 g/mol. The minimum atomic E-state index is -3.78. The molecule has 0 saturated carbocycles. The van der Waals surface area contributed by atoms with Gasteiger partial charge in [-0.15, -0.1) is 0 Å². The minimum Gasteiger partial charge on any atom is -0.269 e. The first-order chi connectivity index (χ1) is 10.3. The van der Waals surface area contributed by atoms with E-state index >= 15 is 0 Å². The molecular formula is C11H24O9S3. The summed E-state index contributed by atoms with van der Waals surface area (Å²) in [6.45, 7) is 4.13. The van der Waals surface area contributed by atoms with Crippen molar-refractivity contribution in [3.63, 3.8) is 0 Å². The van der Waals surface area contributed by atoms with Crippen LogP contribution in [0.15, 0.2) is 0 Å². The topological polar surface area (TPSA) is 130 Å². The van der Waals surface area contributed by atoms with Gasteiger partial charge >= 0.3 is 0 Å². The van der Waals surface area contributed by atoms with Crippen LogP contribution in [0.1, 0.15) is 27.7 Å². The van der Waals surface area contributed by atoms with Gasteiger partial charge in [0.05, 0.1) is 37.1 Å². The summed E-state index contributed by atoms with van der Waals surface area (Å²) in [5.41, 5.74) is -1.28. The molecule has 0 aromatic rings. The smallest absolute Gasteiger partial charge is 0.267 e. The third-order valence-electron chi connectivity index (χ3n) is 2.82. The van der Waals surface area contributed by atoms with E-state index in [2.05, 4.69) is 0 Å². The number of rotatable bonds is 12. The van der Waals surface area contributed by atoms with E-state index in [4.69, 9.17) is 12.5 Å². The van der Waals surface area contributed by atoms with Gasteiger partial charge < -0.3 is 0 Å². The van der Waals surface area contributed by atoms with Crippen molar-refractivity contribution in [2.45, 2.75) is 27.7 Å². The highest BCUT2D eigenvalue weighted by Crippen LogP contribution is 2.22. The van der Waals surface area contributed by atoms with Gasteiger partial charge in [0.25, 0.3) is 30.4 Å². The molecule has 12 heteroatoms. The molecule has 0 aliphatic heterocycles. The zero-order chi connectivity index (χ0) is 18.4. The molecule has 0 bridgehead atoms. The van der Waals surface area contributed by atoms with Crippen molar-refractivity contribution < 1.29 is 37.8 Å². The molecule has 0 rings (SSSR count). The first-order valence-electron chi connectivity index (χ1n) is 6.91. The highest BCUT2D eigenvalue weighted by Gasteiger charge is 2.32. The summed E-state index contributed by atoms with van der Waals surface area (Å²) in [7, 11) is -11.3. The Kier molecular flexibility index (Phi) is 8.61. The third-order valence-corrected chi connectivity index (χ3v) is 6.37. The third kappa shape index (κ3) is 9.57. The Morgan fingerprint density at radius 3 is 1.00 bits per heavy atom. The molecule has 9 nitrogen and oxygen atoms in total. The van der Waals surface area contributed by atoms with E-state index in [-0.39, 0.29) is 17.3 Å². The number of hydrogen-bond donors (Lipinski definition) is 0. The van der Waals surface area contributed by atoms with E-state index < -0.39 is 55.6 Å². The van der Waals surface area contributed by atoms with Gasteiger partial charge in [-0.2, -0.15) is 25.3 Å². The maximum absolute atomic E-state index is 11.4. The lowest BCUT2D eigenvalue weighted by molar-refractivity contribution is 0.0551. The molecule has 0 spiro atoms. The SMILES string of the molecule is CCS(=O)(=O)OCC(C)(COS(=O)(=O)CC)COS(=O)(=O)CC. The van der Waals surface area contributed by atoms with Crippen LogP contribution in [-0.4, -0.2) is 62.3 Å². The average Bonchev–Trinajstić information content (AvgIpc) is 2.50. The van der Waals surface area contributed by atoms with Crippen molar-refractivity contribution in [1.29, 1.82) is 0 Å². The van der Waals surface area contributed by atoms with Crippen molar-refractivity contribution >= 4 is 30.4 Å². The standard InChI is InChI=1S/C11H24O9S3/c1-5-21(12,13)18-8-11(4,9-19-22(14,15)6-2)10-20-23(16,17)7-3/h5-10H2,1-4H3. The maximum Gasteiger partial charge on any atom is 0.267 e. The Hall–Kier alpha value is -0.270. The van der Waals surface area contributed by atoms with Gasteiger partial charge in [-0.05, 0) is 20.8 Å². The molecule has 23 heavy (non-hydrogen) atoms. The molecule has 0 aromatic heterocycles. The van der Waals surface area contributed by atoms with Crippen molar-refractivity contribution in [3.8, 4) is 0 Å². The van der Waals surface area contributed by atoms with Crippen molar-refractivity contribution in [3.05, 3.63) is 0 Å². The summed E-state index contributed by atoms with van der Waals surface area (Å²) < 4.78 is 82.8. The van der Waals surface area contributed by atoms with Crippen LogP contribution in [0.2, 0.25) is 0 Å². The second kappa shape index (κ2) is 8.72.